The number of hydrogen-bond donors (Lipinski definition) is 0. The first kappa shape index (κ1) is 17.9. The van der Waals surface area contributed by atoms with Gasteiger partial charge in [-0.1, -0.05) is 6.07 Å². The van der Waals surface area contributed by atoms with Gasteiger partial charge in [-0.3, -0.25) is 4.79 Å². The zero-order valence-corrected chi connectivity index (χ0v) is 14.2. The van der Waals surface area contributed by atoms with Gasteiger partial charge >= 0.3 is 0 Å². The first-order valence-corrected chi connectivity index (χ1v) is 10.3. The lowest BCUT2D eigenvalue weighted by Crippen LogP contribution is -2.32. The van der Waals surface area contributed by atoms with E-state index in [2.05, 4.69) is 0 Å². The number of hydrogen-bond acceptors (Lipinski definition) is 5. The van der Waals surface area contributed by atoms with Gasteiger partial charge in [0.15, 0.2) is 0 Å². The Morgan fingerprint density at radius 3 is 2.29 bits per heavy atom. The Bertz CT molecular complexity index is 756. The molecule has 6 nitrogen and oxygen atoms in total. The van der Waals surface area contributed by atoms with Crippen LogP contribution in [0.5, 0.6) is 0 Å². The maximum atomic E-state index is 12.3. The molecule has 21 heavy (non-hydrogen) atoms. The third-order valence-electron chi connectivity index (χ3n) is 2.87. The van der Waals surface area contributed by atoms with Crippen molar-refractivity contribution in [2.75, 3.05) is 25.6 Å². The van der Waals surface area contributed by atoms with Gasteiger partial charge in [0, 0.05) is 36.1 Å². The van der Waals surface area contributed by atoms with E-state index in [9.17, 15) is 21.6 Å². The number of carbonyl (C=O) groups is 1. The molecule has 0 aliphatic heterocycles. The van der Waals surface area contributed by atoms with Gasteiger partial charge < -0.3 is 4.90 Å². The molecular weight excluding hydrogens is 338 g/mol. The maximum Gasteiger partial charge on any atom is 0.261 e. The molecule has 0 spiro atoms. The average Bonchev–Trinajstić information content (AvgIpc) is 2.33. The van der Waals surface area contributed by atoms with Crippen LogP contribution in [0, 0.1) is 6.92 Å². The Balaban J connectivity index is 3.07. The molecule has 118 valence electrons. The van der Waals surface area contributed by atoms with Crippen LogP contribution in [0.15, 0.2) is 23.1 Å². The minimum Gasteiger partial charge on any atom is -0.341 e. The summed E-state index contributed by atoms with van der Waals surface area (Å²) in [7, 11) is -0.409. The molecule has 0 unspecified atom stereocenters. The van der Waals surface area contributed by atoms with E-state index in [0.717, 1.165) is 6.26 Å². The molecule has 1 aromatic rings. The predicted octanol–water partition coefficient (Wildman–Crippen LogP) is 1.04. The molecule has 0 atom stereocenters. The van der Waals surface area contributed by atoms with Crippen LogP contribution in [0.2, 0.25) is 0 Å². The van der Waals surface area contributed by atoms with E-state index in [1.807, 2.05) is 0 Å². The van der Waals surface area contributed by atoms with Crippen LogP contribution in [-0.4, -0.2) is 53.2 Å². The van der Waals surface area contributed by atoms with Crippen molar-refractivity contribution in [1.82, 2.24) is 4.90 Å². The van der Waals surface area contributed by atoms with Crippen LogP contribution in [0.25, 0.3) is 0 Å². The van der Waals surface area contributed by atoms with E-state index in [-0.39, 0.29) is 22.8 Å². The Kier molecular flexibility index (Phi) is 5.40. The Morgan fingerprint density at radius 2 is 1.81 bits per heavy atom. The second-order valence-electron chi connectivity index (χ2n) is 4.77. The van der Waals surface area contributed by atoms with Gasteiger partial charge in [-0.15, -0.1) is 0 Å². The molecule has 0 bridgehead atoms. The van der Waals surface area contributed by atoms with Crippen molar-refractivity contribution in [3.63, 3.8) is 0 Å². The number of nitrogens with zero attached hydrogens (tertiary/aromatic N) is 1. The first-order valence-electron chi connectivity index (χ1n) is 5.90. The van der Waals surface area contributed by atoms with Crippen molar-refractivity contribution in [3.8, 4) is 0 Å². The Hall–Kier alpha value is -1.12. The normalized spacial score (nSPS) is 12.2. The third-order valence-corrected chi connectivity index (χ3v) is 5.14. The molecule has 1 aromatic carbocycles. The molecule has 0 heterocycles. The summed E-state index contributed by atoms with van der Waals surface area (Å²) in [5, 5.41) is 0. The van der Waals surface area contributed by atoms with Crippen LogP contribution >= 0.6 is 10.7 Å². The van der Waals surface area contributed by atoms with Crippen molar-refractivity contribution in [3.05, 3.63) is 29.3 Å². The fourth-order valence-corrected chi connectivity index (χ4v) is 2.98. The van der Waals surface area contributed by atoms with Gasteiger partial charge in [0.25, 0.3) is 15.0 Å². The topological polar surface area (TPSA) is 88.6 Å². The van der Waals surface area contributed by atoms with Gasteiger partial charge in [0.05, 0.1) is 10.6 Å². The smallest absolute Gasteiger partial charge is 0.261 e. The zero-order valence-electron chi connectivity index (χ0n) is 11.8. The number of sulfone groups is 1. The van der Waals surface area contributed by atoms with Gasteiger partial charge in [-0.05, 0) is 24.6 Å². The molecule has 0 saturated heterocycles. The Labute approximate surface area is 129 Å². The molecule has 0 N–H and O–H groups in total. The summed E-state index contributed by atoms with van der Waals surface area (Å²) >= 11 is 0. The second-order valence-corrected chi connectivity index (χ2v) is 9.60. The quantitative estimate of drug-likeness (QED) is 0.738. The summed E-state index contributed by atoms with van der Waals surface area (Å²) in [6.45, 7) is 1.68. The molecule has 0 aliphatic rings. The largest absolute Gasteiger partial charge is 0.341 e. The molecule has 0 saturated carbocycles. The predicted molar refractivity (Wildman–Crippen MR) is 80.9 cm³/mol. The fourth-order valence-electron chi connectivity index (χ4n) is 1.59. The van der Waals surface area contributed by atoms with E-state index < -0.39 is 24.8 Å². The molecule has 0 aromatic heterocycles. The lowest BCUT2D eigenvalue weighted by molar-refractivity contribution is 0.0802. The fraction of sp³-hybridized carbons (Fsp3) is 0.417. The summed E-state index contributed by atoms with van der Waals surface area (Å²) in [5.74, 6) is -0.625. The lowest BCUT2D eigenvalue weighted by Gasteiger charge is -2.18. The van der Waals surface area contributed by atoms with Crippen LogP contribution in [0.3, 0.4) is 0 Å². The number of halogens is 1. The zero-order chi connectivity index (χ0) is 16.4. The van der Waals surface area contributed by atoms with Gasteiger partial charge in [0.1, 0.15) is 9.84 Å². The van der Waals surface area contributed by atoms with Crippen molar-refractivity contribution in [2.24, 2.45) is 0 Å². The number of rotatable bonds is 5. The highest BCUT2D eigenvalue weighted by Gasteiger charge is 2.19. The van der Waals surface area contributed by atoms with Crippen molar-refractivity contribution < 1.29 is 21.6 Å². The highest BCUT2D eigenvalue weighted by atomic mass is 35.7. The monoisotopic (exact) mass is 353 g/mol. The van der Waals surface area contributed by atoms with Gasteiger partial charge in [0.2, 0.25) is 0 Å². The summed E-state index contributed by atoms with van der Waals surface area (Å²) < 4.78 is 44.8. The van der Waals surface area contributed by atoms with Crippen LogP contribution in [-0.2, 0) is 18.9 Å². The highest BCUT2D eigenvalue weighted by molar-refractivity contribution is 8.13. The van der Waals surface area contributed by atoms with Crippen LogP contribution in [0.1, 0.15) is 15.9 Å². The minimum absolute atomic E-state index is 0.0228. The SMILES string of the molecule is Cc1ccc(S(=O)(=O)Cl)cc1C(=O)N(C)CCS(C)(=O)=O. The first-order chi connectivity index (χ1) is 9.42. The second kappa shape index (κ2) is 6.33. The Morgan fingerprint density at radius 1 is 1.24 bits per heavy atom. The third kappa shape index (κ3) is 5.29. The van der Waals surface area contributed by atoms with E-state index in [4.69, 9.17) is 10.7 Å². The van der Waals surface area contributed by atoms with Crippen molar-refractivity contribution in [1.29, 1.82) is 0 Å². The van der Waals surface area contributed by atoms with Crippen LogP contribution in [0.4, 0.5) is 0 Å². The summed E-state index contributed by atoms with van der Waals surface area (Å²) in [5.41, 5.74) is 0.753. The standard InChI is InChI=1S/C12H16ClNO5S2/c1-9-4-5-10(21(13,18)19)8-11(9)12(15)14(2)6-7-20(3,16)17/h4-5,8H,6-7H2,1-3H3. The van der Waals surface area contributed by atoms with E-state index in [1.54, 1.807) is 6.92 Å². The average molecular weight is 354 g/mol. The van der Waals surface area contributed by atoms with Gasteiger partial charge in [-0.25, -0.2) is 16.8 Å². The van der Waals surface area contributed by atoms with E-state index in [1.165, 1.54) is 30.1 Å². The lowest BCUT2D eigenvalue weighted by atomic mass is 10.1. The van der Waals surface area contributed by atoms with E-state index in [0.29, 0.717) is 5.56 Å². The molecule has 0 radical (unpaired) electrons. The maximum absolute atomic E-state index is 12.3. The summed E-state index contributed by atoms with van der Waals surface area (Å²) in [4.78, 5) is 13.3. The molecule has 1 amide bonds. The summed E-state index contributed by atoms with van der Waals surface area (Å²) in [6.07, 6.45) is 1.08. The number of carbonyl (C=O) groups excluding carboxylic acids is 1. The molecular formula is C12H16ClNO5S2. The molecule has 0 aliphatic carbocycles. The van der Waals surface area contributed by atoms with Crippen molar-refractivity contribution in [2.45, 2.75) is 11.8 Å². The number of aryl methyl sites for hydroxylation is 1. The highest BCUT2D eigenvalue weighted by Crippen LogP contribution is 2.20. The van der Waals surface area contributed by atoms with E-state index >= 15 is 0 Å². The molecule has 9 heteroatoms. The van der Waals surface area contributed by atoms with Crippen LogP contribution < -0.4 is 0 Å². The minimum atomic E-state index is -3.93. The molecule has 0 fully saturated rings. The number of amides is 1. The summed E-state index contributed by atoms with van der Waals surface area (Å²) in [6, 6.07) is 3.98. The van der Waals surface area contributed by atoms with Gasteiger partial charge in [-0.2, -0.15) is 0 Å². The van der Waals surface area contributed by atoms with Crippen molar-refractivity contribution >= 4 is 35.5 Å². The number of benzene rings is 1. The molecule has 1 rings (SSSR count).